The summed E-state index contributed by atoms with van der Waals surface area (Å²) in [5, 5.41) is 16.2. The molecule has 1 rings (SSSR count). The zero-order valence-corrected chi connectivity index (χ0v) is 8.94. The highest BCUT2D eigenvalue weighted by atomic mass is 16.3. The van der Waals surface area contributed by atoms with Crippen molar-refractivity contribution >= 4 is 11.7 Å². The number of nitrogens with zero attached hydrogens (tertiary/aromatic N) is 2. The fourth-order valence-corrected chi connectivity index (χ4v) is 1.10. The van der Waals surface area contributed by atoms with Crippen LogP contribution in [0.3, 0.4) is 0 Å². The largest absolute Gasteiger partial charge is 0.394 e. The molecular formula is C10H16N4O. The minimum atomic E-state index is 0.00640. The van der Waals surface area contributed by atoms with Gasteiger partial charge in [0, 0.05) is 18.8 Å². The van der Waals surface area contributed by atoms with Crippen molar-refractivity contribution in [2.75, 3.05) is 18.6 Å². The Labute approximate surface area is 89.1 Å². The third-order valence-electron chi connectivity index (χ3n) is 2.35. The molecular weight excluding hydrogens is 192 g/mol. The van der Waals surface area contributed by atoms with E-state index in [4.69, 9.17) is 16.2 Å². The predicted octanol–water partition coefficient (Wildman–Crippen LogP) is 0.183. The molecule has 0 fully saturated rings. The Morgan fingerprint density at radius 1 is 1.67 bits per heavy atom. The first-order chi connectivity index (χ1) is 7.06. The molecule has 5 heteroatoms. The third-order valence-corrected chi connectivity index (χ3v) is 2.35. The van der Waals surface area contributed by atoms with E-state index in [0.717, 1.165) is 5.82 Å². The average molecular weight is 208 g/mol. The minimum absolute atomic E-state index is 0.00640. The Morgan fingerprint density at radius 2 is 2.33 bits per heavy atom. The molecule has 0 spiro atoms. The Kier molecular flexibility index (Phi) is 3.62. The molecule has 0 saturated carbocycles. The maximum absolute atomic E-state index is 8.99. The summed E-state index contributed by atoms with van der Waals surface area (Å²) in [7, 11) is 1.86. The van der Waals surface area contributed by atoms with Crippen molar-refractivity contribution in [3.8, 4) is 0 Å². The zero-order chi connectivity index (χ0) is 11.4. The first kappa shape index (κ1) is 11.5. The standard InChI is InChI=1S/C10H16N4O/c1-7(6-15)14(2)9-4-3-8(5-13-9)10(11)12/h3-5,7,15H,6H2,1-2H3,(H3,11,12). The van der Waals surface area contributed by atoms with Gasteiger partial charge in [-0.05, 0) is 19.1 Å². The second-order valence-electron chi connectivity index (χ2n) is 3.46. The number of aliphatic hydroxyl groups is 1. The number of hydrogen-bond donors (Lipinski definition) is 3. The van der Waals surface area contributed by atoms with E-state index >= 15 is 0 Å². The fourth-order valence-electron chi connectivity index (χ4n) is 1.10. The number of rotatable bonds is 4. The van der Waals surface area contributed by atoms with Gasteiger partial charge in [0.2, 0.25) is 0 Å². The van der Waals surface area contributed by atoms with E-state index in [9.17, 15) is 0 Å². The van der Waals surface area contributed by atoms with Gasteiger partial charge in [0.05, 0.1) is 12.6 Å². The normalized spacial score (nSPS) is 12.2. The van der Waals surface area contributed by atoms with Crippen molar-refractivity contribution in [2.24, 2.45) is 5.73 Å². The molecule has 5 nitrogen and oxygen atoms in total. The maximum Gasteiger partial charge on any atom is 0.128 e. The van der Waals surface area contributed by atoms with Crippen molar-refractivity contribution in [3.63, 3.8) is 0 Å². The Bertz CT molecular complexity index is 336. The Balaban J connectivity index is 2.84. The summed E-state index contributed by atoms with van der Waals surface area (Å²) < 4.78 is 0. The molecule has 1 atom stereocenters. The Morgan fingerprint density at radius 3 is 2.73 bits per heavy atom. The van der Waals surface area contributed by atoms with Gasteiger partial charge in [-0.25, -0.2) is 4.98 Å². The van der Waals surface area contributed by atoms with Crippen LogP contribution in [0.2, 0.25) is 0 Å². The van der Waals surface area contributed by atoms with Crippen LogP contribution in [0.4, 0.5) is 5.82 Å². The number of anilines is 1. The minimum Gasteiger partial charge on any atom is -0.394 e. The highest BCUT2D eigenvalue weighted by Gasteiger charge is 2.09. The summed E-state index contributed by atoms with van der Waals surface area (Å²) in [6.45, 7) is 1.98. The molecule has 0 amide bonds. The first-order valence-electron chi connectivity index (χ1n) is 4.70. The van der Waals surface area contributed by atoms with E-state index in [0.29, 0.717) is 5.56 Å². The number of nitrogens with one attached hydrogen (secondary N) is 1. The van der Waals surface area contributed by atoms with Gasteiger partial charge in [0.25, 0.3) is 0 Å². The van der Waals surface area contributed by atoms with Crippen LogP contribution in [0.15, 0.2) is 18.3 Å². The SMILES string of the molecule is CC(CO)N(C)c1ccc(C(=N)N)cn1. The molecule has 0 aromatic carbocycles. The molecule has 1 aromatic rings. The van der Waals surface area contributed by atoms with E-state index in [-0.39, 0.29) is 18.5 Å². The maximum atomic E-state index is 8.99. The molecule has 0 radical (unpaired) electrons. The second kappa shape index (κ2) is 4.75. The van der Waals surface area contributed by atoms with Crippen molar-refractivity contribution in [3.05, 3.63) is 23.9 Å². The predicted molar refractivity (Wildman–Crippen MR) is 60.2 cm³/mol. The number of aliphatic hydroxyl groups excluding tert-OH is 1. The monoisotopic (exact) mass is 208 g/mol. The van der Waals surface area contributed by atoms with Gasteiger partial charge in [-0.15, -0.1) is 0 Å². The van der Waals surface area contributed by atoms with E-state index in [1.165, 1.54) is 0 Å². The highest BCUT2D eigenvalue weighted by Crippen LogP contribution is 2.11. The van der Waals surface area contributed by atoms with Crippen molar-refractivity contribution < 1.29 is 5.11 Å². The summed E-state index contributed by atoms with van der Waals surface area (Å²) in [6.07, 6.45) is 1.55. The van der Waals surface area contributed by atoms with Crippen molar-refractivity contribution in [2.45, 2.75) is 13.0 Å². The van der Waals surface area contributed by atoms with Crippen LogP contribution >= 0.6 is 0 Å². The number of aromatic nitrogens is 1. The number of likely N-dealkylation sites (N-methyl/N-ethyl adjacent to an activating group) is 1. The number of nitrogen functional groups attached to an aromatic ring is 1. The summed E-state index contributed by atoms with van der Waals surface area (Å²) >= 11 is 0. The van der Waals surface area contributed by atoms with Gasteiger partial charge in [-0.1, -0.05) is 0 Å². The number of amidine groups is 1. The highest BCUT2D eigenvalue weighted by molar-refractivity contribution is 5.94. The van der Waals surface area contributed by atoms with E-state index in [1.807, 2.05) is 18.9 Å². The summed E-state index contributed by atoms with van der Waals surface area (Å²) in [5.74, 6) is 0.758. The topological polar surface area (TPSA) is 86.2 Å². The van der Waals surface area contributed by atoms with Gasteiger partial charge in [-0.2, -0.15) is 0 Å². The molecule has 0 aliphatic carbocycles. The summed E-state index contributed by atoms with van der Waals surface area (Å²) in [5.41, 5.74) is 5.92. The molecule has 0 bridgehead atoms. The molecule has 0 saturated heterocycles. The van der Waals surface area contributed by atoms with Crippen LogP contribution in [0, 0.1) is 5.41 Å². The summed E-state index contributed by atoms with van der Waals surface area (Å²) in [4.78, 5) is 6.03. The van der Waals surface area contributed by atoms with Crippen LogP contribution in [-0.4, -0.2) is 35.6 Å². The van der Waals surface area contributed by atoms with Gasteiger partial charge < -0.3 is 15.7 Å². The van der Waals surface area contributed by atoms with Crippen LogP contribution in [0.1, 0.15) is 12.5 Å². The fraction of sp³-hybridized carbons (Fsp3) is 0.400. The van der Waals surface area contributed by atoms with Crippen molar-refractivity contribution in [1.29, 1.82) is 5.41 Å². The number of pyridine rings is 1. The van der Waals surface area contributed by atoms with Gasteiger partial charge in [0.15, 0.2) is 0 Å². The lowest BCUT2D eigenvalue weighted by molar-refractivity contribution is 0.270. The van der Waals surface area contributed by atoms with Crippen LogP contribution in [0.5, 0.6) is 0 Å². The average Bonchev–Trinajstić information content (AvgIpc) is 2.27. The molecule has 0 aliphatic heterocycles. The summed E-state index contributed by atoms with van der Waals surface area (Å²) in [6, 6.07) is 3.54. The number of hydrogen-bond acceptors (Lipinski definition) is 4. The lowest BCUT2D eigenvalue weighted by Crippen LogP contribution is -2.32. The smallest absolute Gasteiger partial charge is 0.128 e. The molecule has 0 aliphatic rings. The second-order valence-corrected chi connectivity index (χ2v) is 3.46. The zero-order valence-electron chi connectivity index (χ0n) is 8.94. The quantitative estimate of drug-likeness (QED) is 0.486. The van der Waals surface area contributed by atoms with E-state index in [1.54, 1.807) is 18.3 Å². The first-order valence-corrected chi connectivity index (χ1v) is 4.70. The van der Waals surface area contributed by atoms with Gasteiger partial charge >= 0.3 is 0 Å². The van der Waals surface area contributed by atoms with Crippen LogP contribution in [-0.2, 0) is 0 Å². The van der Waals surface area contributed by atoms with Gasteiger partial charge in [-0.3, -0.25) is 5.41 Å². The molecule has 1 aromatic heterocycles. The Hall–Kier alpha value is -1.62. The van der Waals surface area contributed by atoms with E-state index in [2.05, 4.69) is 4.98 Å². The molecule has 1 unspecified atom stereocenters. The lowest BCUT2D eigenvalue weighted by atomic mass is 10.2. The van der Waals surface area contributed by atoms with Crippen molar-refractivity contribution in [1.82, 2.24) is 4.98 Å². The number of nitrogens with two attached hydrogens (primary N) is 1. The molecule has 15 heavy (non-hydrogen) atoms. The third kappa shape index (κ3) is 2.66. The molecule has 1 heterocycles. The van der Waals surface area contributed by atoms with Gasteiger partial charge in [0.1, 0.15) is 11.7 Å². The van der Waals surface area contributed by atoms with E-state index < -0.39 is 0 Å². The lowest BCUT2D eigenvalue weighted by Gasteiger charge is -2.24. The van der Waals surface area contributed by atoms with Crippen LogP contribution in [0.25, 0.3) is 0 Å². The van der Waals surface area contributed by atoms with Crippen LogP contribution < -0.4 is 10.6 Å². The molecule has 4 N–H and O–H groups in total. The molecule has 82 valence electrons.